The van der Waals surface area contributed by atoms with Crippen molar-refractivity contribution in [2.24, 2.45) is 11.3 Å². The van der Waals surface area contributed by atoms with E-state index in [4.69, 9.17) is 5.26 Å². The number of piperidine rings is 1. The molecule has 0 bridgehead atoms. The van der Waals surface area contributed by atoms with Crippen LogP contribution in [-0.2, 0) is 0 Å². The van der Waals surface area contributed by atoms with Crippen molar-refractivity contribution in [2.45, 2.75) is 46.6 Å². The second kappa shape index (κ2) is 6.37. The quantitative estimate of drug-likeness (QED) is 0.797. The largest absolute Gasteiger partial charge is 0.312 e. The highest BCUT2D eigenvalue weighted by Crippen LogP contribution is 2.21. The summed E-state index contributed by atoms with van der Waals surface area (Å²) in [5.41, 5.74) is -0.252. The highest BCUT2D eigenvalue weighted by atomic mass is 15.1. The van der Waals surface area contributed by atoms with E-state index in [9.17, 15) is 0 Å². The standard InChI is InChI=1S/C14H27N3/c1-5-17-8-6-13(7-9-17)12(2)16-11-14(3,4)10-15/h12-13,16H,5-9,11H2,1-4H3. The Kier molecular flexibility index (Phi) is 5.42. The molecule has 17 heavy (non-hydrogen) atoms. The van der Waals surface area contributed by atoms with Gasteiger partial charge in [-0.05, 0) is 59.2 Å². The SMILES string of the molecule is CCN1CCC(C(C)NCC(C)(C)C#N)CC1. The minimum absolute atomic E-state index is 0.252. The third kappa shape index (κ3) is 4.65. The molecule has 1 fully saturated rings. The molecule has 0 aromatic rings. The Morgan fingerprint density at radius 1 is 1.41 bits per heavy atom. The van der Waals surface area contributed by atoms with Gasteiger partial charge in [0.1, 0.15) is 0 Å². The van der Waals surface area contributed by atoms with Crippen LogP contribution in [0.15, 0.2) is 0 Å². The van der Waals surface area contributed by atoms with Crippen molar-refractivity contribution in [3.05, 3.63) is 0 Å². The van der Waals surface area contributed by atoms with Gasteiger partial charge in [-0.3, -0.25) is 0 Å². The van der Waals surface area contributed by atoms with Crippen LogP contribution in [0.25, 0.3) is 0 Å². The van der Waals surface area contributed by atoms with Crippen LogP contribution in [0, 0.1) is 22.7 Å². The van der Waals surface area contributed by atoms with Gasteiger partial charge in [0.15, 0.2) is 0 Å². The van der Waals surface area contributed by atoms with Gasteiger partial charge in [0, 0.05) is 12.6 Å². The predicted octanol–water partition coefficient (Wildman–Crippen LogP) is 2.25. The second-order valence-electron chi connectivity index (χ2n) is 5.94. The first kappa shape index (κ1) is 14.5. The van der Waals surface area contributed by atoms with Gasteiger partial charge in [-0.2, -0.15) is 5.26 Å². The molecule has 3 nitrogen and oxygen atoms in total. The number of likely N-dealkylation sites (tertiary alicyclic amines) is 1. The van der Waals surface area contributed by atoms with Crippen LogP contribution in [0.3, 0.4) is 0 Å². The molecule has 1 atom stereocenters. The summed E-state index contributed by atoms with van der Waals surface area (Å²) in [5, 5.41) is 12.5. The fourth-order valence-electron chi connectivity index (χ4n) is 2.39. The molecule has 1 aliphatic heterocycles. The zero-order chi connectivity index (χ0) is 12.9. The molecule has 0 aromatic heterocycles. The van der Waals surface area contributed by atoms with Gasteiger partial charge in [-0.1, -0.05) is 6.92 Å². The Morgan fingerprint density at radius 2 is 2.00 bits per heavy atom. The molecule has 1 rings (SSSR count). The van der Waals surface area contributed by atoms with Crippen LogP contribution in [0.1, 0.15) is 40.5 Å². The first-order chi connectivity index (χ1) is 7.98. The van der Waals surface area contributed by atoms with E-state index in [0.29, 0.717) is 6.04 Å². The molecule has 1 saturated heterocycles. The highest BCUT2D eigenvalue weighted by molar-refractivity contribution is 4.94. The molecule has 0 radical (unpaired) electrons. The monoisotopic (exact) mass is 237 g/mol. The zero-order valence-corrected chi connectivity index (χ0v) is 11.8. The number of hydrogen-bond donors (Lipinski definition) is 1. The summed E-state index contributed by atoms with van der Waals surface area (Å²) in [6.45, 7) is 12.9. The molecule has 3 heteroatoms. The summed E-state index contributed by atoms with van der Waals surface area (Å²) in [6, 6.07) is 2.87. The average molecular weight is 237 g/mol. The fourth-order valence-corrected chi connectivity index (χ4v) is 2.39. The van der Waals surface area contributed by atoms with E-state index in [2.05, 4.69) is 30.1 Å². The van der Waals surface area contributed by atoms with Crippen molar-refractivity contribution in [1.29, 1.82) is 5.26 Å². The van der Waals surface area contributed by atoms with Crippen molar-refractivity contribution in [1.82, 2.24) is 10.2 Å². The van der Waals surface area contributed by atoms with E-state index < -0.39 is 0 Å². The normalized spacial score (nSPS) is 21.1. The summed E-state index contributed by atoms with van der Waals surface area (Å²) in [7, 11) is 0. The molecule has 1 N–H and O–H groups in total. The van der Waals surface area contributed by atoms with E-state index >= 15 is 0 Å². The predicted molar refractivity (Wildman–Crippen MR) is 71.7 cm³/mol. The molecule has 98 valence electrons. The van der Waals surface area contributed by atoms with Gasteiger partial charge < -0.3 is 10.2 Å². The number of hydrogen-bond acceptors (Lipinski definition) is 3. The molecular formula is C14H27N3. The lowest BCUT2D eigenvalue weighted by molar-refractivity contribution is 0.166. The maximum absolute atomic E-state index is 8.99. The average Bonchev–Trinajstić information content (AvgIpc) is 2.36. The van der Waals surface area contributed by atoms with Crippen LogP contribution in [0.4, 0.5) is 0 Å². The topological polar surface area (TPSA) is 39.1 Å². The Hall–Kier alpha value is -0.590. The van der Waals surface area contributed by atoms with Crippen molar-refractivity contribution >= 4 is 0 Å². The molecule has 1 unspecified atom stereocenters. The Morgan fingerprint density at radius 3 is 2.47 bits per heavy atom. The summed E-state index contributed by atoms with van der Waals surface area (Å²) >= 11 is 0. The molecule has 0 amide bonds. The van der Waals surface area contributed by atoms with Gasteiger partial charge in [0.05, 0.1) is 11.5 Å². The lowest BCUT2D eigenvalue weighted by Gasteiger charge is -2.35. The lowest BCUT2D eigenvalue weighted by Crippen LogP contribution is -2.44. The minimum atomic E-state index is -0.252. The highest BCUT2D eigenvalue weighted by Gasteiger charge is 2.25. The number of rotatable bonds is 5. The number of nitrogens with zero attached hydrogens (tertiary/aromatic N) is 2. The lowest BCUT2D eigenvalue weighted by atomic mass is 9.89. The third-order valence-electron chi connectivity index (χ3n) is 3.96. The summed E-state index contributed by atoms with van der Waals surface area (Å²) < 4.78 is 0. The summed E-state index contributed by atoms with van der Waals surface area (Å²) in [4.78, 5) is 2.52. The van der Waals surface area contributed by atoms with E-state index in [1.807, 2.05) is 13.8 Å². The summed E-state index contributed by atoms with van der Waals surface area (Å²) in [5.74, 6) is 0.771. The van der Waals surface area contributed by atoms with Crippen LogP contribution in [0.5, 0.6) is 0 Å². The first-order valence-electron chi connectivity index (χ1n) is 6.85. The van der Waals surface area contributed by atoms with Gasteiger partial charge in [0.25, 0.3) is 0 Å². The molecule has 0 spiro atoms. The van der Waals surface area contributed by atoms with Crippen molar-refractivity contribution in [3.8, 4) is 6.07 Å². The summed E-state index contributed by atoms with van der Waals surface area (Å²) in [6.07, 6.45) is 2.57. The number of nitrogens with one attached hydrogen (secondary N) is 1. The molecule has 0 aromatic carbocycles. The Labute approximate surface area is 106 Å². The Balaban J connectivity index is 2.30. The van der Waals surface area contributed by atoms with Gasteiger partial charge in [-0.15, -0.1) is 0 Å². The van der Waals surface area contributed by atoms with Crippen LogP contribution in [0.2, 0.25) is 0 Å². The molecular weight excluding hydrogens is 210 g/mol. The zero-order valence-electron chi connectivity index (χ0n) is 11.8. The van der Waals surface area contributed by atoms with Crippen molar-refractivity contribution in [3.63, 3.8) is 0 Å². The maximum Gasteiger partial charge on any atom is 0.0697 e. The van der Waals surface area contributed by atoms with E-state index in [1.165, 1.54) is 32.5 Å². The second-order valence-corrected chi connectivity index (χ2v) is 5.94. The van der Waals surface area contributed by atoms with Crippen molar-refractivity contribution in [2.75, 3.05) is 26.2 Å². The van der Waals surface area contributed by atoms with Crippen molar-refractivity contribution < 1.29 is 0 Å². The van der Waals surface area contributed by atoms with Gasteiger partial charge in [0.2, 0.25) is 0 Å². The third-order valence-corrected chi connectivity index (χ3v) is 3.96. The Bertz CT molecular complexity index is 259. The molecule has 0 aliphatic carbocycles. The van der Waals surface area contributed by atoms with E-state index in [-0.39, 0.29) is 5.41 Å². The molecule has 1 heterocycles. The molecule has 1 aliphatic rings. The fraction of sp³-hybridized carbons (Fsp3) is 0.929. The van der Waals surface area contributed by atoms with Crippen LogP contribution >= 0.6 is 0 Å². The maximum atomic E-state index is 8.99. The van der Waals surface area contributed by atoms with Crippen LogP contribution < -0.4 is 5.32 Å². The van der Waals surface area contributed by atoms with Gasteiger partial charge >= 0.3 is 0 Å². The van der Waals surface area contributed by atoms with E-state index in [1.54, 1.807) is 0 Å². The van der Waals surface area contributed by atoms with Gasteiger partial charge in [-0.25, -0.2) is 0 Å². The smallest absolute Gasteiger partial charge is 0.0697 e. The minimum Gasteiger partial charge on any atom is -0.312 e. The van der Waals surface area contributed by atoms with E-state index in [0.717, 1.165) is 12.5 Å². The molecule has 0 saturated carbocycles. The van der Waals surface area contributed by atoms with Crippen LogP contribution in [-0.4, -0.2) is 37.1 Å². The number of nitriles is 1. The first-order valence-corrected chi connectivity index (χ1v) is 6.85.